The number of hydrogen-bond donors (Lipinski definition) is 1. The quantitative estimate of drug-likeness (QED) is 0.938. The summed E-state index contributed by atoms with van der Waals surface area (Å²) in [5, 5.41) is 4.15. The Morgan fingerprint density at radius 3 is 3.20 bits per heavy atom. The molecule has 3 rings (SSSR count). The molecular weight excluding hydrogens is 270 g/mol. The highest BCUT2D eigenvalue weighted by Crippen LogP contribution is 2.31. The smallest absolute Gasteiger partial charge is 0.222 e. The molecule has 0 radical (unpaired) electrons. The fourth-order valence-corrected chi connectivity index (χ4v) is 3.43. The van der Waals surface area contributed by atoms with E-state index in [-0.39, 0.29) is 11.9 Å². The lowest BCUT2D eigenvalue weighted by atomic mass is 10.0. The van der Waals surface area contributed by atoms with E-state index in [4.69, 9.17) is 4.98 Å². The zero-order valence-electron chi connectivity index (χ0n) is 11.6. The van der Waals surface area contributed by atoms with Crippen molar-refractivity contribution in [1.29, 1.82) is 0 Å². The Morgan fingerprint density at radius 1 is 1.55 bits per heavy atom. The highest BCUT2D eigenvalue weighted by atomic mass is 32.1. The highest BCUT2D eigenvalue weighted by molar-refractivity contribution is 7.08. The van der Waals surface area contributed by atoms with E-state index in [0.717, 1.165) is 42.9 Å². The summed E-state index contributed by atoms with van der Waals surface area (Å²) in [6.07, 6.45) is 5.77. The minimum atomic E-state index is 0.114. The van der Waals surface area contributed by atoms with Crippen molar-refractivity contribution in [2.75, 3.05) is 6.54 Å². The number of rotatable bonds is 3. The van der Waals surface area contributed by atoms with E-state index in [2.05, 4.69) is 21.8 Å². The van der Waals surface area contributed by atoms with Gasteiger partial charge in [0.25, 0.3) is 0 Å². The largest absolute Gasteiger partial charge is 0.346 e. The molecule has 1 amide bonds. The van der Waals surface area contributed by atoms with Crippen molar-refractivity contribution in [2.45, 2.75) is 38.6 Å². The molecule has 106 valence electrons. The van der Waals surface area contributed by atoms with E-state index in [1.807, 2.05) is 18.0 Å². The van der Waals surface area contributed by atoms with Gasteiger partial charge in [0.1, 0.15) is 5.82 Å². The summed E-state index contributed by atoms with van der Waals surface area (Å²) in [5.41, 5.74) is 2.11. The standard InChI is InChI=1S/C15H19N3OS/c1-2-14(19)18-7-4-3-5-13(18)15-16-9-12(17-15)11-6-8-20-10-11/h6,8-10,13H,2-5,7H2,1H3,(H,16,17). The van der Waals surface area contributed by atoms with Crippen molar-refractivity contribution in [1.82, 2.24) is 14.9 Å². The average molecular weight is 289 g/mol. The van der Waals surface area contributed by atoms with Gasteiger partial charge in [0, 0.05) is 30.1 Å². The number of nitrogens with zero attached hydrogens (tertiary/aromatic N) is 2. The maximum atomic E-state index is 12.1. The van der Waals surface area contributed by atoms with E-state index < -0.39 is 0 Å². The number of thiophene rings is 1. The van der Waals surface area contributed by atoms with Crippen molar-refractivity contribution in [3.05, 3.63) is 28.8 Å². The van der Waals surface area contributed by atoms with Crippen LogP contribution in [0.4, 0.5) is 0 Å². The molecule has 1 aliphatic rings. The van der Waals surface area contributed by atoms with Gasteiger partial charge < -0.3 is 9.88 Å². The third kappa shape index (κ3) is 2.50. The average Bonchev–Trinajstić information content (AvgIpc) is 3.17. The van der Waals surface area contributed by atoms with E-state index in [1.165, 1.54) is 0 Å². The zero-order valence-corrected chi connectivity index (χ0v) is 12.4. The number of amides is 1. The number of nitrogens with one attached hydrogen (secondary N) is 1. The lowest BCUT2D eigenvalue weighted by Gasteiger charge is -2.34. The number of aromatic nitrogens is 2. The number of carbonyl (C=O) groups is 1. The molecule has 0 spiro atoms. The summed E-state index contributed by atoms with van der Waals surface area (Å²) in [7, 11) is 0. The first-order valence-corrected chi connectivity index (χ1v) is 8.11. The van der Waals surface area contributed by atoms with Crippen LogP contribution in [0.5, 0.6) is 0 Å². The van der Waals surface area contributed by atoms with Gasteiger partial charge in [0.15, 0.2) is 0 Å². The van der Waals surface area contributed by atoms with Crippen LogP contribution in [-0.2, 0) is 4.79 Å². The molecule has 0 bridgehead atoms. The van der Waals surface area contributed by atoms with Crippen LogP contribution < -0.4 is 0 Å². The normalized spacial score (nSPS) is 19.2. The van der Waals surface area contributed by atoms with Crippen LogP contribution >= 0.6 is 11.3 Å². The molecule has 1 N–H and O–H groups in total. The first-order chi connectivity index (χ1) is 9.79. The maximum absolute atomic E-state index is 12.1. The van der Waals surface area contributed by atoms with Gasteiger partial charge in [-0.1, -0.05) is 6.92 Å². The molecule has 0 saturated carbocycles. The predicted octanol–water partition coefficient (Wildman–Crippen LogP) is 3.60. The molecule has 0 aromatic carbocycles. The number of H-pyrrole nitrogens is 1. The molecule has 0 aliphatic carbocycles. The number of piperidine rings is 1. The van der Waals surface area contributed by atoms with E-state index in [9.17, 15) is 4.79 Å². The molecule has 4 nitrogen and oxygen atoms in total. The maximum Gasteiger partial charge on any atom is 0.222 e. The van der Waals surface area contributed by atoms with Crippen LogP contribution in [0.25, 0.3) is 11.3 Å². The van der Waals surface area contributed by atoms with Crippen LogP contribution in [0.2, 0.25) is 0 Å². The van der Waals surface area contributed by atoms with E-state index in [0.29, 0.717) is 6.42 Å². The molecule has 3 heterocycles. The molecule has 2 aromatic rings. The number of aromatic amines is 1. The Hall–Kier alpha value is -1.62. The monoisotopic (exact) mass is 289 g/mol. The van der Waals surface area contributed by atoms with Gasteiger partial charge in [-0.25, -0.2) is 4.98 Å². The molecule has 1 saturated heterocycles. The molecule has 20 heavy (non-hydrogen) atoms. The topological polar surface area (TPSA) is 49.0 Å². The van der Waals surface area contributed by atoms with Gasteiger partial charge in [0.2, 0.25) is 5.91 Å². The minimum Gasteiger partial charge on any atom is -0.346 e. The minimum absolute atomic E-state index is 0.114. The van der Waals surface area contributed by atoms with Crippen molar-refractivity contribution in [3.63, 3.8) is 0 Å². The van der Waals surface area contributed by atoms with Crippen LogP contribution in [0.3, 0.4) is 0 Å². The fourth-order valence-electron chi connectivity index (χ4n) is 2.78. The molecule has 1 unspecified atom stereocenters. The van der Waals surface area contributed by atoms with Crippen LogP contribution in [0.1, 0.15) is 44.5 Å². The summed E-state index contributed by atoms with van der Waals surface area (Å²) in [6, 6.07) is 2.18. The van der Waals surface area contributed by atoms with Crippen molar-refractivity contribution >= 4 is 17.2 Å². The van der Waals surface area contributed by atoms with E-state index >= 15 is 0 Å². The number of imidazole rings is 1. The Labute approximate surface area is 122 Å². The van der Waals surface area contributed by atoms with Gasteiger partial charge in [0.05, 0.1) is 11.7 Å². The number of likely N-dealkylation sites (tertiary alicyclic amines) is 1. The highest BCUT2D eigenvalue weighted by Gasteiger charge is 2.29. The van der Waals surface area contributed by atoms with Crippen molar-refractivity contribution < 1.29 is 4.79 Å². The Kier molecular flexibility index (Phi) is 3.87. The van der Waals surface area contributed by atoms with Gasteiger partial charge in [-0.05, 0) is 30.7 Å². The molecular formula is C15H19N3OS. The van der Waals surface area contributed by atoms with Gasteiger partial charge in [-0.15, -0.1) is 0 Å². The lowest BCUT2D eigenvalue weighted by molar-refractivity contribution is -0.134. The summed E-state index contributed by atoms with van der Waals surface area (Å²) in [4.78, 5) is 22.0. The van der Waals surface area contributed by atoms with Gasteiger partial charge in [-0.3, -0.25) is 4.79 Å². The van der Waals surface area contributed by atoms with Gasteiger partial charge in [-0.2, -0.15) is 11.3 Å². The Morgan fingerprint density at radius 2 is 2.45 bits per heavy atom. The van der Waals surface area contributed by atoms with Crippen molar-refractivity contribution in [2.24, 2.45) is 0 Å². The second-order valence-corrected chi connectivity index (χ2v) is 5.92. The summed E-state index contributed by atoms with van der Waals surface area (Å²) >= 11 is 1.67. The van der Waals surface area contributed by atoms with E-state index in [1.54, 1.807) is 11.3 Å². The summed E-state index contributed by atoms with van der Waals surface area (Å²) in [6.45, 7) is 2.78. The fraction of sp³-hybridized carbons (Fsp3) is 0.467. The second-order valence-electron chi connectivity index (χ2n) is 5.14. The summed E-state index contributed by atoms with van der Waals surface area (Å²) in [5.74, 6) is 1.15. The predicted molar refractivity (Wildman–Crippen MR) is 80.5 cm³/mol. The number of hydrogen-bond acceptors (Lipinski definition) is 3. The summed E-state index contributed by atoms with van der Waals surface area (Å²) < 4.78 is 0. The Bertz CT molecular complexity index is 576. The third-order valence-electron chi connectivity index (χ3n) is 3.86. The molecule has 5 heteroatoms. The van der Waals surface area contributed by atoms with Gasteiger partial charge >= 0.3 is 0 Å². The second kappa shape index (κ2) is 5.79. The molecule has 1 aliphatic heterocycles. The van der Waals surface area contributed by atoms with Crippen molar-refractivity contribution in [3.8, 4) is 11.3 Å². The zero-order chi connectivity index (χ0) is 13.9. The third-order valence-corrected chi connectivity index (χ3v) is 4.54. The van der Waals surface area contributed by atoms with Crippen LogP contribution in [0, 0.1) is 0 Å². The Balaban J connectivity index is 1.85. The van der Waals surface area contributed by atoms with Crippen LogP contribution in [0.15, 0.2) is 23.0 Å². The first-order valence-electron chi connectivity index (χ1n) is 7.17. The molecule has 1 atom stereocenters. The van der Waals surface area contributed by atoms with Crippen LogP contribution in [-0.4, -0.2) is 27.3 Å². The number of carbonyl (C=O) groups excluding carboxylic acids is 1. The molecule has 1 fully saturated rings. The SMILES string of the molecule is CCC(=O)N1CCCCC1c1nc(-c2ccsc2)c[nH]1. The first kappa shape index (κ1) is 13.4. The molecule has 2 aromatic heterocycles. The lowest BCUT2D eigenvalue weighted by Crippen LogP contribution is -2.38.